The molecule has 9 heteroatoms. The number of nitrogens with zero attached hydrogens (tertiary/aromatic N) is 3. The predicted octanol–water partition coefficient (Wildman–Crippen LogP) is 3.10. The van der Waals surface area contributed by atoms with Gasteiger partial charge in [0.1, 0.15) is 5.82 Å². The molecule has 1 aliphatic rings. The lowest BCUT2D eigenvalue weighted by atomic mass is 10.1. The molecule has 0 bridgehead atoms. The van der Waals surface area contributed by atoms with E-state index in [0.29, 0.717) is 24.8 Å². The van der Waals surface area contributed by atoms with Crippen LogP contribution in [0.4, 0.5) is 23.1 Å². The number of sulfonamides is 1. The van der Waals surface area contributed by atoms with Gasteiger partial charge in [-0.25, -0.2) is 13.4 Å². The summed E-state index contributed by atoms with van der Waals surface area (Å²) in [6, 6.07) is 18.9. The second-order valence-corrected chi connectivity index (χ2v) is 8.73. The molecule has 1 fully saturated rings. The van der Waals surface area contributed by atoms with Crippen molar-refractivity contribution < 1.29 is 13.2 Å². The van der Waals surface area contributed by atoms with E-state index in [0.717, 1.165) is 42.1 Å². The van der Waals surface area contributed by atoms with E-state index in [-0.39, 0.29) is 0 Å². The third kappa shape index (κ3) is 5.25. The van der Waals surface area contributed by atoms with Gasteiger partial charge in [-0.15, -0.1) is 0 Å². The highest BCUT2D eigenvalue weighted by molar-refractivity contribution is 7.92. The molecule has 3 aromatic rings. The molecule has 0 spiro atoms. The van der Waals surface area contributed by atoms with Crippen LogP contribution in [-0.4, -0.2) is 50.9 Å². The number of rotatable bonds is 6. The Kier molecular flexibility index (Phi) is 5.82. The van der Waals surface area contributed by atoms with Crippen LogP contribution in [0.3, 0.4) is 0 Å². The highest BCUT2D eigenvalue weighted by atomic mass is 32.2. The minimum absolute atomic E-state index is 0.474. The molecule has 0 radical (unpaired) electrons. The lowest BCUT2D eigenvalue weighted by Crippen LogP contribution is -2.36. The van der Waals surface area contributed by atoms with Crippen LogP contribution in [0, 0.1) is 0 Å². The molecule has 2 heterocycles. The van der Waals surface area contributed by atoms with Crippen molar-refractivity contribution in [2.75, 3.05) is 47.5 Å². The molecule has 2 N–H and O–H groups in total. The van der Waals surface area contributed by atoms with E-state index < -0.39 is 10.0 Å². The van der Waals surface area contributed by atoms with Crippen molar-refractivity contribution in [2.45, 2.75) is 0 Å². The molecular formula is C21H23N5O3S. The second-order valence-electron chi connectivity index (χ2n) is 6.98. The van der Waals surface area contributed by atoms with Crippen molar-refractivity contribution in [3.63, 3.8) is 0 Å². The largest absolute Gasteiger partial charge is 0.378 e. The monoisotopic (exact) mass is 425 g/mol. The molecule has 1 aromatic heterocycles. The highest BCUT2D eigenvalue weighted by Gasteiger charge is 2.16. The fraction of sp³-hybridized carbons (Fsp3) is 0.238. The van der Waals surface area contributed by atoms with Gasteiger partial charge in [0.2, 0.25) is 16.0 Å². The third-order valence-electron chi connectivity index (χ3n) is 4.56. The van der Waals surface area contributed by atoms with Crippen LogP contribution in [0.1, 0.15) is 0 Å². The van der Waals surface area contributed by atoms with Crippen molar-refractivity contribution in [1.29, 1.82) is 0 Å². The van der Waals surface area contributed by atoms with Crippen LogP contribution in [-0.2, 0) is 14.8 Å². The molecular weight excluding hydrogens is 402 g/mol. The van der Waals surface area contributed by atoms with Crippen LogP contribution < -0.4 is 14.9 Å². The van der Waals surface area contributed by atoms with Gasteiger partial charge in [-0.3, -0.25) is 4.72 Å². The molecule has 4 rings (SSSR count). The molecule has 0 amide bonds. The van der Waals surface area contributed by atoms with E-state index in [1.807, 2.05) is 36.4 Å². The summed E-state index contributed by atoms with van der Waals surface area (Å²) in [6.45, 7) is 2.89. The number of benzene rings is 2. The lowest BCUT2D eigenvalue weighted by Gasteiger charge is -2.28. The Morgan fingerprint density at radius 1 is 0.933 bits per heavy atom. The van der Waals surface area contributed by atoms with E-state index in [9.17, 15) is 8.42 Å². The molecule has 1 saturated heterocycles. The molecule has 0 aliphatic carbocycles. The number of hydrogen-bond acceptors (Lipinski definition) is 7. The minimum atomic E-state index is -3.31. The second kappa shape index (κ2) is 8.68. The molecule has 30 heavy (non-hydrogen) atoms. The van der Waals surface area contributed by atoms with Crippen molar-refractivity contribution in [3.8, 4) is 11.3 Å². The number of hydrogen-bond donors (Lipinski definition) is 2. The number of nitrogens with one attached hydrogen (secondary N) is 2. The predicted molar refractivity (Wildman–Crippen MR) is 119 cm³/mol. The van der Waals surface area contributed by atoms with Gasteiger partial charge in [-0.2, -0.15) is 4.98 Å². The SMILES string of the molecule is CS(=O)(=O)Nc1ccc(Nc2nc(-c3ccccc3)cc(N3CCOCC3)n2)cc1. The number of anilines is 4. The maximum atomic E-state index is 11.4. The molecule has 156 valence electrons. The summed E-state index contributed by atoms with van der Waals surface area (Å²) in [5.74, 6) is 1.31. The van der Waals surface area contributed by atoms with Gasteiger partial charge in [0.25, 0.3) is 0 Å². The lowest BCUT2D eigenvalue weighted by molar-refractivity contribution is 0.122. The van der Waals surface area contributed by atoms with Gasteiger partial charge in [-0.05, 0) is 24.3 Å². The molecule has 1 aliphatic heterocycles. The first-order valence-corrected chi connectivity index (χ1v) is 11.5. The third-order valence-corrected chi connectivity index (χ3v) is 5.17. The summed E-state index contributed by atoms with van der Waals surface area (Å²) in [5, 5.41) is 3.23. The maximum Gasteiger partial charge on any atom is 0.229 e. The Bertz CT molecular complexity index is 1100. The average Bonchev–Trinajstić information content (AvgIpc) is 2.75. The van der Waals surface area contributed by atoms with Gasteiger partial charge in [0.15, 0.2) is 0 Å². The van der Waals surface area contributed by atoms with E-state index in [4.69, 9.17) is 9.72 Å². The van der Waals surface area contributed by atoms with Gasteiger partial charge in [0.05, 0.1) is 25.2 Å². The summed E-state index contributed by atoms with van der Waals surface area (Å²) >= 11 is 0. The minimum Gasteiger partial charge on any atom is -0.378 e. The van der Waals surface area contributed by atoms with Crippen LogP contribution in [0.2, 0.25) is 0 Å². The van der Waals surface area contributed by atoms with Crippen molar-refractivity contribution in [2.24, 2.45) is 0 Å². The van der Waals surface area contributed by atoms with Crippen LogP contribution >= 0.6 is 0 Å². The summed E-state index contributed by atoms with van der Waals surface area (Å²) in [5.41, 5.74) is 3.08. The molecule has 2 aromatic carbocycles. The average molecular weight is 426 g/mol. The van der Waals surface area contributed by atoms with E-state index in [2.05, 4.69) is 19.9 Å². The Labute approximate surface area is 176 Å². The van der Waals surface area contributed by atoms with Crippen molar-refractivity contribution >= 4 is 33.2 Å². The summed E-state index contributed by atoms with van der Waals surface area (Å²) in [6.07, 6.45) is 1.12. The van der Waals surface area contributed by atoms with E-state index in [1.54, 1.807) is 24.3 Å². The first kappa shape index (κ1) is 20.1. The van der Waals surface area contributed by atoms with Crippen LogP contribution in [0.5, 0.6) is 0 Å². The van der Waals surface area contributed by atoms with Gasteiger partial charge >= 0.3 is 0 Å². The number of morpholine rings is 1. The topological polar surface area (TPSA) is 96.5 Å². The first-order chi connectivity index (χ1) is 14.5. The smallest absolute Gasteiger partial charge is 0.229 e. The van der Waals surface area contributed by atoms with Gasteiger partial charge in [-0.1, -0.05) is 30.3 Å². The Balaban J connectivity index is 1.63. The van der Waals surface area contributed by atoms with Crippen LogP contribution in [0.15, 0.2) is 60.7 Å². The number of aromatic nitrogens is 2. The van der Waals surface area contributed by atoms with Crippen molar-refractivity contribution in [3.05, 3.63) is 60.7 Å². The first-order valence-electron chi connectivity index (χ1n) is 9.58. The van der Waals surface area contributed by atoms with Crippen molar-refractivity contribution in [1.82, 2.24) is 9.97 Å². The zero-order valence-corrected chi connectivity index (χ0v) is 17.4. The summed E-state index contributed by atoms with van der Waals surface area (Å²) < 4.78 is 30.7. The summed E-state index contributed by atoms with van der Waals surface area (Å²) in [4.78, 5) is 11.6. The van der Waals surface area contributed by atoms with Gasteiger partial charge < -0.3 is 15.0 Å². The molecule has 0 saturated carbocycles. The maximum absolute atomic E-state index is 11.4. The normalized spacial score (nSPS) is 14.4. The Hall–Kier alpha value is -3.17. The fourth-order valence-electron chi connectivity index (χ4n) is 3.17. The van der Waals surface area contributed by atoms with Gasteiger partial charge in [0, 0.05) is 36.1 Å². The van der Waals surface area contributed by atoms with E-state index in [1.165, 1.54) is 0 Å². The summed E-state index contributed by atoms with van der Waals surface area (Å²) in [7, 11) is -3.31. The molecule has 8 nitrogen and oxygen atoms in total. The zero-order valence-electron chi connectivity index (χ0n) is 16.6. The highest BCUT2D eigenvalue weighted by Crippen LogP contribution is 2.26. The van der Waals surface area contributed by atoms with E-state index >= 15 is 0 Å². The molecule has 0 atom stereocenters. The zero-order chi connectivity index (χ0) is 21.0. The molecule has 0 unspecified atom stereocenters. The fourth-order valence-corrected chi connectivity index (χ4v) is 3.73. The van der Waals surface area contributed by atoms with Crippen LogP contribution in [0.25, 0.3) is 11.3 Å². The number of ether oxygens (including phenoxy) is 1. The Morgan fingerprint density at radius 3 is 2.27 bits per heavy atom. The quantitative estimate of drug-likeness (QED) is 0.626. The standard InChI is InChI=1S/C21H23N5O3S/c1-30(27,28)25-18-9-7-17(8-10-18)22-21-23-19(16-5-3-2-4-6-16)15-20(24-21)26-11-13-29-14-12-26/h2-10,15,25H,11-14H2,1H3,(H,22,23,24). The Morgan fingerprint density at radius 2 is 1.60 bits per heavy atom.